The maximum Gasteiger partial charge on any atom is 0.243 e. The van der Waals surface area contributed by atoms with Crippen LogP contribution in [0.25, 0.3) is 0 Å². The van der Waals surface area contributed by atoms with Gasteiger partial charge in [-0.2, -0.15) is 4.31 Å². The minimum Gasteiger partial charge on any atom is -0.497 e. The largest absolute Gasteiger partial charge is 0.497 e. The predicted octanol–water partition coefficient (Wildman–Crippen LogP) is 2.89. The molecule has 0 fully saturated rings. The van der Waals surface area contributed by atoms with E-state index in [1.807, 2.05) is 0 Å². The van der Waals surface area contributed by atoms with Gasteiger partial charge in [-0.1, -0.05) is 36.4 Å². The molecule has 0 unspecified atom stereocenters. The summed E-state index contributed by atoms with van der Waals surface area (Å²) in [5, 5.41) is -0.150. The van der Waals surface area contributed by atoms with E-state index in [9.17, 15) is 16.8 Å². The van der Waals surface area contributed by atoms with Gasteiger partial charge in [-0.15, -0.1) is 6.58 Å². The van der Waals surface area contributed by atoms with E-state index in [1.54, 1.807) is 42.5 Å². The van der Waals surface area contributed by atoms with Crippen LogP contribution in [-0.4, -0.2) is 58.1 Å². The number of methoxy groups -OCH3 is 2. The molecular weight excluding hydrogens is 490 g/mol. The van der Waals surface area contributed by atoms with Crippen molar-refractivity contribution in [2.45, 2.75) is 28.9 Å². The lowest BCUT2D eigenvalue weighted by Gasteiger charge is -2.22. The van der Waals surface area contributed by atoms with Gasteiger partial charge >= 0.3 is 0 Å². The fourth-order valence-electron chi connectivity index (χ4n) is 3.55. The standard InChI is InChI=1S/C24H29N3O6S2/c1-4-13-26(35(30,31)23-11-6-5-7-12-23)18-21-17-25-24(27(21)14-15-32-2)34(28,29)19-20-9-8-10-22(16-20)33-3/h4-12,16-17H,1,13-15,18-19H2,2-3H3. The van der Waals surface area contributed by atoms with E-state index in [2.05, 4.69) is 11.6 Å². The van der Waals surface area contributed by atoms with Crippen LogP contribution >= 0.6 is 0 Å². The lowest BCUT2D eigenvalue weighted by atomic mass is 10.2. The van der Waals surface area contributed by atoms with Crippen molar-refractivity contribution in [3.63, 3.8) is 0 Å². The summed E-state index contributed by atoms with van der Waals surface area (Å²) in [7, 11) is -4.70. The molecule has 0 aliphatic carbocycles. The Hall–Kier alpha value is -2.99. The van der Waals surface area contributed by atoms with Crippen molar-refractivity contribution in [3.8, 4) is 5.75 Å². The van der Waals surface area contributed by atoms with Crippen LogP contribution in [0.15, 0.2) is 83.5 Å². The molecule has 0 aliphatic rings. The SMILES string of the molecule is C=CCN(Cc1cnc(S(=O)(=O)Cc2cccc(OC)c2)n1CCOC)S(=O)(=O)c1ccccc1. The Morgan fingerprint density at radius 1 is 1.06 bits per heavy atom. The number of aromatic nitrogens is 2. The van der Waals surface area contributed by atoms with Gasteiger partial charge in [0.25, 0.3) is 0 Å². The molecule has 1 heterocycles. The molecule has 0 radical (unpaired) electrons. The van der Waals surface area contributed by atoms with Crippen molar-refractivity contribution in [1.29, 1.82) is 0 Å². The highest BCUT2D eigenvalue weighted by Gasteiger charge is 2.28. The number of benzene rings is 2. The fraction of sp³-hybridized carbons (Fsp3) is 0.292. The third-order valence-corrected chi connectivity index (χ3v) is 8.66. The zero-order valence-corrected chi connectivity index (χ0v) is 21.3. The summed E-state index contributed by atoms with van der Waals surface area (Å²) in [5.41, 5.74) is 0.972. The van der Waals surface area contributed by atoms with Crippen LogP contribution in [0.5, 0.6) is 5.75 Å². The smallest absolute Gasteiger partial charge is 0.243 e. The topological polar surface area (TPSA) is 108 Å². The molecule has 1 aromatic heterocycles. The first-order valence-corrected chi connectivity index (χ1v) is 13.9. The van der Waals surface area contributed by atoms with Crippen LogP contribution in [0, 0.1) is 0 Å². The highest BCUT2D eigenvalue weighted by molar-refractivity contribution is 7.90. The average Bonchev–Trinajstić information content (AvgIpc) is 3.26. The van der Waals surface area contributed by atoms with E-state index >= 15 is 0 Å². The Balaban J connectivity index is 1.98. The lowest BCUT2D eigenvalue weighted by molar-refractivity contribution is 0.183. The Bertz CT molecular complexity index is 1350. The zero-order chi connectivity index (χ0) is 25.5. The number of nitrogens with zero attached hydrogens (tertiary/aromatic N) is 3. The first-order valence-electron chi connectivity index (χ1n) is 10.8. The van der Waals surface area contributed by atoms with Gasteiger partial charge in [0.15, 0.2) is 0 Å². The summed E-state index contributed by atoms with van der Waals surface area (Å²) in [6.45, 7) is 4.03. The number of hydrogen-bond acceptors (Lipinski definition) is 7. The normalized spacial score (nSPS) is 12.1. The van der Waals surface area contributed by atoms with Crippen molar-refractivity contribution in [2.75, 3.05) is 27.4 Å². The molecule has 188 valence electrons. The number of sulfone groups is 1. The Labute approximate surface area is 206 Å². The summed E-state index contributed by atoms with van der Waals surface area (Å²) in [4.78, 5) is 4.32. The second kappa shape index (κ2) is 11.6. The molecule has 0 bridgehead atoms. The van der Waals surface area contributed by atoms with Crippen molar-refractivity contribution >= 4 is 19.9 Å². The lowest BCUT2D eigenvalue weighted by Crippen LogP contribution is -2.32. The van der Waals surface area contributed by atoms with Crippen LogP contribution in [0.3, 0.4) is 0 Å². The van der Waals surface area contributed by atoms with Crippen LogP contribution in [0.2, 0.25) is 0 Å². The Morgan fingerprint density at radius 2 is 1.80 bits per heavy atom. The van der Waals surface area contributed by atoms with E-state index in [-0.39, 0.29) is 42.0 Å². The maximum absolute atomic E-state index is 13.3. The zero-order valence-electron chi connectivity index (χ0n) is 19.7. The summed E-state index contributed by atoms with van der Waals surface area (Å²) >= 11 is 0. The molecule has 0 N–H and O–H groups in total. The molecule has 35 heavy (non-hydrogen) atoms. The molecule has 0 spiro atoms. The van der Waals surface area contributed by atoms with Gasteiger partial charge in [0.2, 0.25) is 25.0 Å². The molecular formula is C24H29N3O6S2. The third kappa shape index (κ3) is 6.37. The van der Waals surface area contributed by atoms with Gasteiger partial charge < -0.3 is 14.0 Å². The van der Waals surface area contributed by atoms with E-state index in [4.69, 9.17) is 9.47 Å². The van der Waals surface area contributed by atoms with E-state index in [0.29, 0.717) is 17.0 Å². The molecule has 11 heteroatoms. The van der Waals surface area contributed by atoms with Gasteiger partial charge in [-0.05, 0) is 29.8 Å². The number of rotatable bonds is 13. The first-order chi connectivity index (χ1) is 16.7. The molecule has 3 aromatic rings. The Morgan fingerprint density at radius 3 is 2.46 bits per heavy atom. The molecule has 0 aliphatic heterocycles. The molecule has 3 rings (SSSR count). The van der Waals surface area contributed by atoms with E-state index in [0.717, 1.165) is 0 Å². The van der Waals surface area contributed by atoms with E-state index < -0.39 is 19.9 Å². The quantitative estimate of drug-likeness (QED) is 0.320. The maximum atomic E-state index is 13.3. The highest BCUT2D eigenvalue weighted by atomic mass is 32.2. The molecule has 0 amide bonds. The van der Waals surface area contributed by atoms with Gasteiger partial charge in [-0.25, -0.2) is 21.8 Å². The molecule has 0 saturated heterocycles. The minimum absolute atomic E-state index is 0.0403. The van der Waals surface area contributed by atoms with Gasteiger partial charge in [0, 0.05) is 20.2 Å². The highest BCUT2D eigenvalue weighted by Crippen LogP contribution is 2.23. The van der Waals surface area contributed by atoms with E-state index in [1.165, 1.54) is 47.5 Å². The number of sulfonamides is 1. The van der Waals surface area contributed by atoms with Crippen LogP contribution in [-0.2, 0) is 43.4 Å². The minimum atomic E-state index is -3.86. The molecule has 9 nitrogen and oxygen atoms in total. The molecule has 2 aromatic carbocycles. The van der Waals surface area contributed by atoms with Crippen LogP contribution in [0.4, 0.5) is 0 Å². The van der Waals surface area contributed by atoms with Crippen molar-refractivity contribution in [1.82, 2.24) is 13.9 Å². The third-order valence-electron chi connectivity index (χ3n) is 5.24. The van der Waals surface area contributed by atoms with Gasteiger partial charge in [0.05, 0.1) is 42.8 Å². The monoisotopic (exact) mass is 519 g/mol. The Kier molecular flexibility index (Phi) is 8.84. The number of hydrogen-bond donors (Lipinski definition) is 0. The molecule has 0 saturated carbocycles. The van der Waals surface area contributed by atoms with Gasteiger partial charge in [0.1, 0.15) is 5.75 Å². The second-order valence-electron chi connectivity index (χ2n) is 7.69. The summed E-state index contributed by atoms with van der Waals surface area (Å²) in [6, 6.07) is 14.8. The fourth-order valence-corrected chi connectivity index (χ4v) is 6.46. The number of imidazole rings is 1. The summed E-state index contributed by atoms with van der Waals surface area (Å²) in [5.74, 6) is 0.263. The summed E-state index contributed by atoms with van der Waals surface area (Å²) < 4.78 is 66.2. The van der Waals surface area contributed by atoms with Crippen molar-refractivity contribution in [3.05, 3.63) is 84.7 Å². The van der Waals surface area contributed by atoms with Crippen molar-refractivity contribution in [2.24, 2.45) is 0 Å². The molecule has 0 atom stereocenters. The van der Waals surface area contributed by atoms with Crippen molar-refractivity contribution < 1.29 is 26.3 Å². The van der Waals surface area contributed by atoms with Crippen LogP contribution in [0.1, 0.15) is 11.3 Å². The van der Waals surface area contributed by atoms with Gasteiger partial charge in [-0.3, -0.25) is 0 Å². The second-order valence-corrected chi connectivity index (χ2v) is 11.5. The number of ether oxygens (including phenoxy) is 2. The predicted molar refractivity (Wildman–Crippen MR) is 132 cm³/mol. The van der Waals surface area contributed by atoms with Crippen LogP contribution < -0.4 is 4.74 Å². The first kappa shape index (κ1) is 26.6. The summed E-state index contributed by atoms with van der Waals surface area (Å²) in [6.07, 6.45) is 2.88. The average molecular weight is 520 g/mol.